The van der Waals surface area contributed by atoms with E-state index in [1.807, 2.05) is 60.7 Å². The first-order valence-electron chi connectivity index (χ1n) is 11.1. The summed E-state index contributed by atoms with van der Waals surface area (Å²) in [6.07, 6.45) is 2.86. The SMILES string of the molecule is NC(=O)CCC(=O)OCCCCCCN1C(=O)NC(c2ccccc2)(c2ccccc2)C1=O. The summed E-state index contributed by atoms with van der Waals surface area (Å²) < 4.78 is 5.06. The zero-order valence-corrected chi connectivity index (χ0v) is 18.5. The van der Waals surface area contributed by atoms with E-state index in [0.717, 1.165) is 24.0 Å². The molecule has 4 amide bonds. The van der Waals surface area contributed by atoms with Gasteiger partial charge in [-0.25, -0.2) is 4.79 Å². The first-order valence-corrected chi connectivity index (χ1v) is 11.1. The number of primary amides is 1. The second-order valence-corrected chi connectivity index (χ2v) is 7.97. The van der Waals surface area contributed by atoms with Gasteiger partial charge in [0.15, 0.2) is 5.54 Å². The van der Waals surface area contributed by atoms with Gasteiger partial charge in [-0.05, 0) is 30.4 Å². The molecule has 0 spiro atoms. The minimum atomic E-state index is -1.24. The van der Waals surface area contributed by atoms with Crippen molar-refractivity contribution in [1.82, 2.24) is 10.2 Å². The maximum absolute atomic E-state index is 13.5. The standard InChI is InChI=1S/C25H29N3O5/c26-21(29)15-16-22(30)33-18-10-2-1-9-17-28-23(31)25(27-24(28)32,19-11-5-3-6-12-19)20-13-7-4-8-14-20/h3-8,11-14H,1-2,9-10,15-18H2,(H2,26,29)(H,27,32). The molecule has 2 aromatic rings. The molecule has 0 saturated carbocycles. The molecule has 3 N–H and O–H groups in total. The van der Waals surface area contributed by atoms with Gasteiger partial charge in [-0.2, -0.15) is 0 Å². The van der Waals surface area contributed by atoms with Crippen LogP contribution in [0.2, 0.25) is 0 Å². The highest BCUT2D eigenvalue weighted by Crippen LogP contribution is 2.36. The molecule has 1 saturated heterocycles. The molecule has 0 bridgehead atoms. The Kier molecular flexibility index (Phi) is 8.18. The molecule has 8 heteroatoms. The lowest BCUT2D eigenvalue weighted by molar-refractivity contribution is -0.144. The van der Waals surface area contributed by atoms with E-state index in [2.05, 4.69) is 5.32 Å². The van der Waals surface area contributed by atoms with Crippen molar-refractivity contribution in [2.75, 3.05) is 13.2 Å². The lowest BCUT2D eigenvalue weighted by Gasteiger charge is -2.28. The summed E-state index contributed by atoms with van der Waals surface area (Å²) >= 11 is 0. The van der Waals surface area contributed by atoms with E-state index >= 15 is 0 Å². The lowest BCUT2D eigenvalue weighted by atomic mass is 9.82. The van der Waals surface area contributed by atoms with E-state index < -0.39 is 23.4 Å². The van der Waals surface area contributed by atoms with Crippen LogP contribution in [0.15, 0.2) is 60.7 Å². The monoisotopic (exact) mass is 451 g/mol. The van der Waals surface area contributed by atoms with Crippen molar-refractivity contribution in [2.45, 2.75) is 44.1 Å². The molecule has 0 aliphatic carbocycles. The Morgan fingerprint density at radius 2 is 1.42 bits per heavy atom. The number of esters is 1. The summed E-state index contributed by atoms with van der Waals surface area (Å²) in [7, 11) is 0. The third-order valence-electron chi connectivity index (χ3n) is 5.63. The van der Waals surface area contributed by atoms with Gasteiger partial charge < -0.3 is 15.8 Å². The molecule has 1 fully saturated rings. The van der Waals surface area contributed by atoms with Crippen molar-refractivity contribution >= 4 is 23.8 Å². The average Bonchev–Trinajstić information content (AvgIpc) is 3.08. The summed E-state index contributed by atoms with van der Waals surface area (Å²) in [4.78, 5) is 49.7. The van der Waals surface area contributed by atoms with Crippen LogP contribution in [0.3, 0.4) is 0 Å². The molecule has 3 rings (SSSR count). The van der Waals surface area contributed by atoms with Gasteiger partial charge >= 0.3 is 12.0 Å². The summed E-state index contributed by atoms with van der Waals surface area (Å²) in [5, 5.41) is 2.94. The molecule has 2 aromatic carbocycles. The number of carbonyl (C=O) groups is 4. The van der Waals surface area contributed by atoms with Crippen LogP contribution in [0.1, 0.15) is 49.7 Å². The van der Waals surface area contributed by atoms with Gasteiger partial charge in [-0.3, -0.25) is 19.3 Å². The Balaban J connectivity index is 1.53. The number of hydrogen-bond acceptors (Lipinski definition) is 5. The smallest absolute Gasteiger partial charge is 0.325 e. The molecule has 1 heterocycles. The number of rotatable bonds is 12. The van der Waals surface area contributed by atoms with Gasteiger partial charge in [0, 0.05) is 13.0 Å². The minimum absolute atomic E-state index is 0.00784. The molecule has 0 unspecified atom stereocenters. The third-order valence-corrected chi connectivity index (χ3v) is 5.63. The fourth-order valence-corrected chi connectivity index (χ4v) is 3.92. The van der Waals surface area contributed by atoms with Gasteiger partial charge in [0.2, 0.25) is 5.91 Å². The number of imide groups is 1. The first kappa shape index (κ1) is 24.0. The predicted octanol–water partition coefficient (Wildman–Crippen LogP) is 2.85. The highest BCUT2D eigenvalue weighted by Gasteiger charge is 2.53. The van der Waals surface area contributed by atoms with Crippen molar-refractivity contribution in [1.29, 1.82) is 0 Å². The Hall–Kier alpha value is -3.68. The lowest BCUT2D eigenvalue weighted by Crippen LogP contribution is -2.45. The molecule has 8 nitrogen and oxygen atoms in total. The largest absolute Gasteiger partial charge is 0.466 e. The minimum Gasteiger partial charge on any atom is -0.466 e. The molecule has 1 aliphatic heterocycles. The number of carbonyl (C=O) groups excluding carboxylic acids is 4. The molecule has 1 aliphatic rings. The van der Waals surface area contributed by atoms with E-state index in [1.54, 1.807) is 0 Å². The number of urea groups is 1. The van der Waals surface area contributed by atoms with Crippen molar-refractivity contribution < 1.29 is 23.9 Å². The van der Waals surface area contributed by atoms with Crippen LogP contribution < -0.4 is 11.1 Å². The number of nitrogens with one attached hydrogen (secondary N) is 1. The fraction of sp³-hybridized carbons (Fsp3) is 0.360. The quantitative estimate of drug-likeness (QED) is 0.292. The average molecular weight is 452 g/mol. The fourth-order valence-electron chi connectivity index (χ4n) is 3.92. The van der Waals surface area contributed by atoms with Crippen molar-refractivity contribution in [3.05, 3.63) is 71.8 Å². The van der Waals surface area contributed by atoms with Crippen LogP contribution in [-0.4, -0.2) is 41.9 Å². The van der Waals surface area contributed by atoms with Crippen molar-refractivity contribution in [3.8, 4) is 0 Å². The summed E-state index contributed by atoms with van der Waals surface area (Å²) in [6, 6.07) is 18.1. The second-order valence-electron chi connectivity index (χ2n) is 7.97. The molecule has 174 valence electrons. The number of unbranched alkanes of at least 4 members (excludes halogenated alkanes) is 3. The number of hydrogen-bond donors (Lipinski definition) is 2. The van der Waals surface area contributed by atoms with Crippen LogP contribution in [-0.2, 0) is 24.7 Å². The Bertz CT molecular complexity index is 939. The van der Waals surface area contributed by atoms with Gasteiger partial charge in [0.25, 0.3) is 5.91 Å². The van der Waals surface area contributed by atoms with Crippen LogP contribution in [0.4, 0.5) is 4.79 Å². The van der Waals surface area contributed by atoms with Crippen molar-refractivity contribution in [3.63, 3.8) is 0 Å². The molecular formula is C25H29N3O5. The number of nitrogens with two attached hydrogens (primary N) is 1. The van der Waals surface area contributed by atoms with Crippen LogP contribution in [0.5, 0.6) is 0 Å². The number of ether oxygens (including phenoxy) is 1. The van der Waals surface area contributed by atoms with Gasteiger partial charge in [-0.1, -0.05) is 67.1 Å². The van der Waals surface area contributed by atoms with Gasteiger partial charge in [0.05, 0.1) is 13.0 Å². The summed E-state index contributed by atoms with van der Waals surface area (Å²) in [5.41, 5.74) is 5.20. The van der Waals surface area contributed by atoms with E-state index in [0.29, 0.717) is 19.4 Å². The molecule has 33 heavy (non-hydrogen) atoms. The van der Waals surface area contributed by atoms with E-state index in [1.165, 1.54) is 4.90 Å². The van der Waals surface area contributed by atoms with Gasteiger partial charge in [-0.15, -0.1) is 0 Å². The number of benzene rings is 2. The van der Waals surface area contributed by atoms with Gasteiger partial charge in [0.1, 0.15) is 0 Å². The summed E-state index contributed by atoms with van der Waals surface area (Å²) in [6.45, 7) is 0.580. The highest BCUT2D eigenvalue weighted by atomic mass is 16.5. The number of nitrogens with zero attached hydrogens (tertiary/aromatic N) is 1. The van der Waals surface area contributed by atoms with E-state index in [-0.39, 0.29) is 25.4 Å². The van der Waals surface area contributed by atoms with Crippen LogP contribution in [0.25, 0.3) is 0 Å². The zero-order valence-electron chi connectivity index (χ0n) is 18.5. The van der Waals surface area contributed by atoms with Crippen LogP contribution in [0, 0.1) is 0 Å². The molecular weight excluding hydrogens is 422 g/mol. The maximum atomic E-state index is 13.5. The zero-order chi connectivity index (χ0) is 23.7. The molecule has 0 aromatic heterocycles. The second kappa shape index (κ2) is 11.3. The van der Waals surface area contributed by atoms with Crippen LogP contribution >= 0.6 is 0 Å². The topological polar surface area (TPSA) is 119 Å². The Morgan fingerprint density at radius 1 is 0.848 bits per heavy atom. The third kappa shape index (κ3) is 5.77. The highest BCUT2D eigenvalue weighted by molar-refractivity contribution is 6.09. The van der Waals surface area contributed by atoms with E-state index in [9.17, 15) is 19.2 Å². The summed E-state index contributed by atoms with van der Waals surface area (Å²) in [5.74, 6) is -1.25. The normalized spacial score (nSPS) is 14.7. The van der Waals surface area contributed by atoms with E-state index in [4.69, 9.17) is 10.5 Å². The Labute approximate surface area is 193 Å². The number of amides is 4. The predicted molar refractivity (Wildman–Crippen MR) is 122 cm³/mol. The molecule has 0 atom stereocenters. The maximum Gasteiger partial charge on any atom is 0.325 e. The Morgan fingerprint density at radius 3 is 2.00 bits per heavy atom. The first-order chi connectivity index (χ1) is 15.9. The molecule has 0 radical (unpaired) electrons. The van der Waals surface area contributed by atoms with Crippen molar-refractivity contribution in [2.24, 2.45) is 5.73 Å².